The number of nitrogens with one attached hydrogen (secondary N) is 1. The molecule has 0 amide bonds. The second kappa shape index (κ2) is 10.2. The average molecular weight is 412 g/mol. The van der Waals surface area contributed by atoms with Crippen molar-refractivity contribution >= 4 is 24.0 Å². The molecule has 0 saturated carbocycles. The van der Waals surface area contributed by atoms with Gasteiger partial charge >= 0.3 is 0 Å². The summed E-state index contributed by atoms with van der Waals surface area (Å²) in [5, 5.41) is 3.74. The van der Waals surface area contributed by atoms with Gasteiger partial charge in [0.05, 0.1) is 24.9 Å². The van der Waals surface area contributed by atoms with Crippen molar-refractivity contribution < 1.29 is 18.3 Å². The molecule has 1 aromatic heterocycles. The molecular weight excluding hydrogens is 392 g/mol. The van der Waals surface area contributed by atoms with Crippen molar-refractivity contribution in [2.24, 2.45) is 0 Å². The van der Waals surface area contributed by atoms with E-state index in [0.29, 0.717) is 29.6 Å². The first-order chi connectivity index (χ1) is 12.7. The first-order valence-corrected chi connectivity index (χ1v) is 8.50. The Morgan fingerprint density at radius 2 is 1.85 bits per heavy atom. The third kappa shape index (κ3) is 5.89. The van der Waals surface area contributed by atoms with E-state index in [-0.39, 0.29) is 24.8 Å². The molecule has 3 aromatic rings. The number of furan rings is 1. The van der Waals surface area contributed by atoms with E-state index in [4.69, 9.17) is 25.5 Å². The zero-order valence-electron chi connectivity index (χ0n) is 14.7. The SMILES string of the molecule is COc1cc(CNCc2ccco2)cc(Cl)c1OCc1ccc(F)cc1.Cl. The average Bonchev–Trinajstić information content (AvgIpc) is 3.15. The van der Waals surface area contributed by atoms with Gasteiger partial charge in [0.1, 0.15) is 18.2 Å². The second-order valence-corrected chi connectivity index (χ2v) is 6.11. The Bertz CT molecular complexity index is 839. The molecule has 0 radical (unpaired) electrons. The van der Waals surface area contributed by atoms with Gasteiger partial charge in [-0.2, -0.15) is 0 Å². The lowest BCUT2D eigenvalue weighted by Crippen LogP contribution is -2.12. The van der Waals surface area contributed by atoms with Gasteiger partial charge in [0.15, 0.2) is 11.5 Å². The predicted molar refractivity (Wildman–Crippen MR) is 105 cm³/mol. The van der Waals surface area contributed by atoms with Gasteiger partial charge in [0, 0.05) is 6.54 Å². The van der Waals surface area contributed by atoms with Crippen molar-refractivity contribution in [2.45, 2.75) is 19.7 Å². The third-order valence-corrected chi connectivity index (χ3v) is 4.07. The first kappa shape index (κ1) is 21.1. The minimum atomic E-state index is -0.282. The van der Waals surface area contributed by atoms with Crippen molar-refractivity contribution in [3.05, 3.63) is 82.5 Å². The first-order valence-electron chi connectivity index (χ1n) is 8.12. The molecule has 0 fully saturated rings. The van der Waals surface area contributed by atoms with Crippen LogP contribution in [-0.4, -0.2) is 7.11 Å². The Balaban J connectivity index is 0.00000261. The molecule has 2 aromatic carbocycles. The Morgan fingerprint density at radius 3 is 2.52 bits per heavy atom. The summed E-state index contributed by atoms with van der Waals surface area (Å²) in [5.41, 5.74) is 1.81. The predicted octanol–water partition coefficient (Wildman–Crippen LogP) is 5.37. The van der Waals surface area contributed by atoms with Gasteiger partial charge in [-0.25, -0.2) is 4.39 Å². The summed E-state index contributed by atoms with van der Waals surface area (Å²) < 4.78 is 29.5. The van der Waals surface area contributed by atoms with Crippen LogP contribution >= 0.6 is 24.0 Å². The lowest BCUT2D eigenvalue weighted by Gasteiger charge is -2.14. The maximum Gasteiger partial charge on any atom is 0.180 e. The lowest BCUT2D eigenvalue weighted by molar-refractivity contribution is 0.284. The molecule has 1 N–H and O–H groups in total. The summed E-state index contributed by atoms with van der Waals surface area (Å²) in [6.07, 6.45) is 1.64. The Kier molecular flexibility index (Phi) is 7.98. The smallest absolute Gasteiger partial charge is 0.180 e. The van der Waals surface area contributed by atoms with Gasteiger partial charge in [-0.1, -0.05) is 23.7 Å². The standard InChI is InChI=1S/C20H19ClFNO3.ClH/c1-24-19-10-15(11-23-12-17-3-2-8-25-17)9-18(21)20(19)26-13-14-4-6-16(22)7-5-14;/h2-10,23H,11-13H2,1H3;1H. The molecule has 0 spiro atoms. The number of rotatable bonds is 8. The molecule has 0 saturated heterocycles. The molecule has 0 aliphatic carbocycles. The van der Waals surface area contributed by atoms with Crippen LogP contribution in [0.2, 0.25) is 5.02 Å². The van der Waals surface area contributed by atoms with E-state index >= 15 is 0 Å². The Hall–Kier alpha value is -2.21. The van der Waals surface area contributed by atoms with Crippen molar-refractivity contribution in [1.82, 2.24) is 5.32 Å². The van der Waals surface area contributed by atoms with Crippen LogP contribution in [-0.2, 0) is 19.7 Å². The van der Waals surface area contributed by atoms with E-state index in [1.165, 1.54) is 12.1 Å². The highest BCUT2D eigenvalue weighted by molar-refractivity contribution is 6.32. The van der Waals surface area contributed by atoms with Gasteiger partial charge in [0.2, 0.25) is 0 Å². The summed E-state index contributed by atoms with van der Waals surface area (Å²) >= 11 is 6.37. The molecule has 27 heavy (non-hydrogen) atoms. The molecule has 0 bridgehead atoms. The zero-order chi connectivity index (χ0) is 18.4. The number of hydrogen-bond donors (Lipinski definition) is 1. The highest BCUT2D eigenvalue weighted by Gasteiger charge is 2.12. The topological polar surface area (TPSA) is 43.6 Å². The van der Waals surface area contributed by atoms with Crippen LogP contribution in [0.25, 0.3) is 0 Å². The van der Waals surface area contributed by atoms with E-state index in [0.717, 1.165) is 16.9 Å². The van der Waals surface area contributed by atoms with Gasteiger partial charge in [0.25, 0.3) is 0 Å². The molecule has 0 aliphatic rings. The molecule has 7 heteroatoms. The minimum absolute atomic E-state index is 0. The number of hydrogen-bond acceptors (Lipinski definition) is 4. The minimum Gasteiger partial charge on any atom is -0.493 e. The number of methoxy groups -OCH3 is 1. The highest BCUT2D eigenvalue weighted by atomic mass is 35.5. The van der Waals surface area contributed by atoms with Crippen molar-refractivity contribution in [2.75, 3.05) is 7.11 Å². The van der Waals surface area contributed by atoms with E-state index in [1.807, 2.05) is 24.3 Å². The summed E-state index contributed by atoms with van der Waals surface area (Å²) in [4.78, 5) is 0. The summed E-state index contributed by atoms with van der Waals surface area (Å²) in [6, 6.07) is 13.6. The Labute approximate surface area is 168 Å². The van der Waals surface area contributed by atoms with E-state index in [2.05, 4.69) is 5.32 Å². The summed E-state index contributed by atoms with van der Waals surface area (Å²) in [6.45, 7) is 1.50. The zero-order valence-corrected chi connectivity index (χ0v) is 16.3. The molecule has 3 rings (SSSR count). The molecule has 1 heterocycles. The van der Waals surface area contributed by atoms with Crippen LogP contribution in [0.4, 0.5) is 4.39 Å². The highest BCUT2D eigenvalue weighted by Crippen LogP contribution is 2.37. The monoisotopic (exact) mass is 411 g/mol. The van der Waals surface area contributed by atoms with Gasteiger partial charge in [-0.15, -0.1) is 12.4 Å². The normalized spacial score (nSPS) is 10.3. The van der Waals surface area contributed by atoms with Crippen molar-refractivity contribution in [3.63, 3.8) is 0 Å². The van der Waals surface area contributed by atoms with Crippen molar-refractivity contribution in [1.29, 1.82) is 0 Å². The third-order valence-electron chi connectivity index (χ3n) is 3.79. The summed E-state index contributed by atoms with van der Waals surface area (Å²) in [7, 11) is 1.57. The maximum absolute atomic E-state index is 13.0. The van der Waals surface area contributed by atoms with Crippen LogP contribution in [0.15, 0.2) is 59.2 Å². The number of benzene rings is 2. The maximum atomic E-state index is 13.0. The molecule has 144 valence electrons. The number of ether oxygens (including phenoxy) is 2. The quantitative estimate of drug-likeness (QED) is 0.540. The molecule has 0 unspecified atom stereocenters. The lowest BCUT2D eigenvalue weighted by atomic mass is 10.2. The van der Waals surface area contributed by atoms with Crippen LogP contribution in [0.3, 0.4) is 0 Å². The number of halogens is 3. The van der Waals surface area contributed by atoms with E-state index in [1.54, 1.807) is 25.5 Å². The largest absolute Gasteiger partial charge is 0.493 e. The van der Waals surface area contributed by atoms with Gasteiger partial charge in [-0.05, 0) is 47.5 Å². The van der Waals surface area contributed by atoms with Crippen molar-refractivity contribution in [3.8, 4) is 11.5 Å². The van der Waals surface area contributed by atoms with Gasteiger partial charge in [-0.3, -0.25) is 0 Å². The van der Waals surface area contributed by atoms with Crippen LogP contribution in [0.1, 0.15) is 16.9 Å². The van der Waals surface area contributed by atoms with Crippen LogP contribution in [0.5, 0.6) is 11.5 Å². The van der Waals surface area contributed by atoms with Crippen LogP contribution < -0.4 is 14.8 Å². The van der Waals surface area contributed by atoms with Gasteiger partial charge < -0.3 is 19.2 Å². The fraction of sp³-hybridized carbons (Fsp3) is 0.200. The summed E-state index contributed by atoms with van der Waals surface area (Å²) in [5.74, 6) is 1.60. The molecule has 0 aliphatic heterocycles. The van der Waals surface area contributed by atoms with Crippen LogP contribution in [0, 0.1) is 5.82 Å². The molecule has 4 nitrogen and oxygen atoms in total. The second-order valence-electron chi connectivity index (χ2n) is 5.71. The molecular formula is C20H20Cl2FNO3. The van der Waals surface area contributed by atoms with E-state index < -0.39 is 0 Å². The molecule has 0 atom stereocenters. The van der Waals surface area contributed by atoms with E-state index in [9.17, 15) is 4.39 Å². The Morgan fingerprint density at radius 1 is 1.07 bits per heavy atom. The fourth-order valence-electron chi connectivity index (χ4n) is 2.49. The fourth-order valence-corrected chi connectivity index (χ4v) is 2.78.